The van der Waals surface area contributed by atoms with E-state index in [4.69, 9.17) is 26.8 Å². The van der Waals surface area contributed by atoms with Crippen molar-refractivity contribution < 1.29 is 9.47 Å². The Hall–Kier alpha value is -0.970. The maximum atomic E-state index is 6.42. The maximum Gasteiger partial charge on any atom is 0.179 e. The molecule has 0 unspecified atom stereocenters. The van der Waals surface area contributed by atoms with Crippen LogP contribution in [-0.4, -0.2) is 38.8 Å². The molecule has 112 valence electrons. The summed E-state index contributed by atoms with van der Waals surface area (Å²) in [5.74, 6) is 1.96. The molecule has 4 nitrogen and oxygen atoms in total. The molecule has 1 aromatic carbocycles. The Morgan fingerprint density at radius 2 is 1.95 bits per heavy atom. The predicted octanol–water partition coefficient (Wildman–Crippen LogP) is 2.53. The minimum absolute atomic E-state index is 0.614. The van der Waals surface area contributed by atoms with Crippen molar-refractivity contribution in [2.24, 2.45) is 11.7 Å². The number of likely N-dealkylation sites (tertiary alicyclic amines) is 1. The number of nitrogens with zero attached hydrogens (tertiary/aromatic N) is 1. The first kappa shape index (κ1) is 15.4. The fraction of sp³-hybridized carbons (Fsp3) is 0.600. The summed E-state index contributed by atoms with van der Waals surface area (Å²) in [6, 6.07) is 3.92. The minimum atomic E-state index is 0.614. The Kier molecular flexibility index (Phi) is 5.52. The lowest BCUT2D eigenvalue weighted by Crippen LogP contribution is -2.35. The molecular weight excluding hydrogens is 276 g/mol. The molecule has 1 aliphatic rings. The molecule has 0 aromatic heterocycles. The van der Waals surface area contributed by atoms with E-state index in [9.17, 15) is 0 Å². The van der Waals surface area contributed by atoms with Crippen LogP contribution in [0.3, 0.4) is 0 Å². The van der Waals surface area contributed by atoms with Crippen LogP contribution in [0.1, 0.15) is 18.4 Å². The van der Waals surface area contributed by atoms with E-state index in [0.717, 1.165) is 31.7 Å². The van der Waals surface area contributed by atoms with Crippen molar-refractivity contribution in [3.63, 3.8) is 0 Å². The van der Waals surface area contributed by atoms with Crippen LogP contribution in [0.2, 0.25) is 5.02 Å². The average molecular weight is 299 g/mol. The van der Waals surface area contributed by atoms with Gasteiger partial charge in [-0.15, -0.1) is 0 Å². The van der Waals surface area contributed by atoms with E-state index in [-0.39, 0.29) is 0 Å². The van der Waals surface area contributed by atoms with Crippen LogP contribution < -0.4 is 15.2 Å². The van der Waals surface area contributed by atoms with Crippen molar-refractivity contribution in [1.29, 1.82) is 0 Å². The lowest BCUT2D eigenvalue weighted by atomic mass is 9.97. The van der Waals surface area contributed by atoms with Crippen molar-refractivity contribution in [3.05, 3.63) is 22.7 Å². The molecule has 2 N–H and O–H groups in total. The van der Waals surface area contributed by atoms with Gasteiger partial charge in [0.15, 0.2) is 11.5 Å². The second-order valence-corrected chi connectivity index (χ2v) is 5.61. The SMILES string of the molecule is COc1ccc(CN2CCC(CN)CC2)c(Cl)c1OC. The predicted molar refractivity (Wildman–Crippen MR) is 81.6 cm³/mol. The van der Waals surface area contributed by atoms with Crippen LogP contribution in [0.4, 0.5) is 0 Å². The maximum absolute atomic E-state index is 6.42. The summed E-state index contributed by atoms with van der Waals surface area (Å²) < 4.78 is 10.6. The molecular formula is C15H23ClN2O2. The molecule has 0 amide bonds. The number of ether oxygens (including phenoxy) is 2. The summed E-state index contributed by atoms with van der Waals surface area (Å²) in [4.78, 5) is 2.42. The number of benzene rings is 1. The monoisotopic (exact) mass is 298 g/mol. The Labute approximate surface area is 125 Å². The van der Waals surface area contributed by atoms with Gasteiger partial charge in [-0.2, -0.15) is 0 Å². The fourth-order valence-electron chi connectivity index (χ4n) is 2.67. The molecule has 0 aliphatic carbocycles. The Morgan fingerprint density at radius 1 is 1.25 bits per heavy atom. The van der Waals surface area contributed by atoms with Crippen molar-refractivity contribution in [3.8, 4) is 11.5 Å². The third-order valence-electron chi connectivity index (χ3n) is 4.00. The van der Waals surface area contributed by atoms with Crippen LogP contribution >= 0.6 is 11.6 Å². The summed E-state index contributed by atoms with van der Waals surface area (Å²) in [7, 11) is 3.23. The number of halogens is 1. The normalized spacial score (nSPS) is 17.2. The van der Waals surface area contributed by atoms with Gasteiger partial charge in [-0.3, -0.25) is 4.90 Å². The second kappa shape index (κ2) is 7.16. The standard InChI is InChI=1S/C15H23ClN2O2/c1-19-13-4-3-12(14(16)15(13)20-2)10-18-7-5-11(9-17)6-8-18/h3-4,11H,5-10,17H2,1-2H3. The molecule has 1 fully saturated rings. The van der Waals surface area contributed by atoms with Crippen molar-refractivity contribution in [2.75, 3.05) is 33.9 Å². The largest absolute Gasteiger partial charge is 0.493 e. The van der Waals surface area contributed by atoms with Crippen LogP contribution in [0.5, 0.6) is 11.5 Å². The summed E-state index contributed by atoms with van der Waals surface area (Å²) in [6.45, 7) is 3.79. The van der Waals surface area contributed by atoms with Gasteiger partial charge in [0.2, 0.25) is 0 Å². The van der Waals surface area contributed by atoms with Gasteiger partial charge in [0, 0.05) is 6.54 Å². The number of nitrogens with two attached hydrogens (primary N) is 1. The zero-order valence-corrected chi connectivity index (χ0v) is 12.9. The molecule has 20 heavy (non-hydrogen) atoms. The van der Waals surface area contributed by atoms with Gasteiger partial charge in [0.05, 0.1) is 19.2 Å². The third-order valence-corrected chi connectivity index (χ3v) is 4.41. The van der Waals surface area contributed by atoms with Gasteiger partial charge in [0.1, 0.15) is 0 Å². The van der Waals surface area contributed by atoms with Gasteiger partial charge in [-0.25, -0.2) is 0 Å². The van der Waals surface area contributed by atoms with E-state index in [1.165, 1.54) is 12.8 Å². The number of hydrogen-bond acceptors (Lipinski definition) is 4. The first-order chi connectivity index (χ1) is 9.69. The topological polar surface area (TPSA) is 47.7 Å². The molecule has 0 spiro atoms. The van der Waals surface area contributed by atoms with Crippen LogP contribution in [0.25, 0.3) is 0 Å². The first-order valence-corrected chi connectivity index (χ1v) is 7.39. The highest BCUT2D eigenvalue weighted by Gasteiger charge is 2.20. The van der Waals surface area contributed by atoms with E-state index in [2.05, 4.69) is 4.90 Å². The van der Waals surface area contributed by atoms with Gasteiger partial charge >= 0.3 is 0 Å². The highest BCUT2D eigenvalue weighted by molar-refractivity contribution is 6.33. The zero-order chi connectivity index (χ0) is 14.5. The highest BCUT2D eigenvalue weighted by atomic mass is 35.5. The molecule has 1 heterocycles. The summed E-state index contributed by atoms with van der Waals surface area (Å²) in [6.07, 6.45) is 2.34. The number of rotatable bonds is 5. The highest BCUT2D eigenvalue weighted by Crippen LogP contribution is 2.38. The zero-order valence-electron chi connectivity index (χ0n) is 12.2. The lowest BCUT2D eigenvalue weighted by molar-refractivity contribution is 0.180. The smallest absolute Gasteiger partial charge is 0.179 e. The third kappa shape index (κ3) is 3.37. The van der Waals surface area contributed by atoms with Gasteiger partial charge < -0.3 is 15.2 Å². The second-order valence-electron chi connectivity index (χ2n) is 5.23. The van der Waals surface area contributed by atoms with Crippen LogP contribution in [0, 0.1) is 5.92 Å². The van der Waals surface area contributed by atoms with E-state index in [1.54, 1.807) is 14.2 Å². The Balaban J connectivity index is 2.07. The van der Waals surface area contributed by atoms with Crippen molar-refractivity contribution >= 4 is 11.6 Å². The molecule has 0 atom stereocenters. The molecule has 0 bridgehead atoms. The Morgan fingerprint density at radius 3 is 2.50 bits per heavy atom. The quantitative estimate of drug-likeness (QED) is 0.907. The van der Waals surface area contributed by atoms with Crippen LogP contribution in [0.15, 0.2) is 12.1 Å². The molecule has 1 saturated heterocycles. The molecule has 0 saturated carbocycles. The minimum Gasteiger partial charge on any atom is -0.493 e. The first-order valence-electron chi connectivity index (χ1n) is 7.01. The molecule has 1 aliphatic heterocycles. The molecule has 0 radical (unpaired) electrons. The van der Waals surface area contributed by atoms with Gasteiger partial charge in [-0.05, 0) is 50.0 Å². The molecule has 1 aromatic rings. The van der Waals surface area contributed by atoms with E-state index in [0.29, 0.717) is 22.4 Å². The lowest BCUT2D eigenvalue weighted by Gasteiger charge is -2.31. The molecule has 5 heteroatoms. The average Bonchev–Trinajstić information content (AvgIpc) is 2.49. The van der Waals surface area contributed by atoms with E-state index < -0.39 is 0 Å². The summed E-state index contributed by atoms with van der Waals surface area (Å²) in [5.41, 5.74) is 6.80. The Bertz CT molecular complexity index is 446. The van der Waals surface area contributed by atoms with Gasteiger partial charge in [-0.1, -0.05) is 17.7 Å². The summed E-state index contributed by atoms with van der Waals surface area (Å²) >= 11 is 6.42. The van der Waals surface area contributed by atoms with Crippen LogP contribution in [-0.2, 0) is 6.54 Å². The molecule has 2 rings (SSSR count). The number of hydrogen-bond donors (Lipinski definition) is 1. The van der Waals surface area contributed by atoms with Gasteiger partial charge in [0.25, 0.3) is 0 Å². The number of piperidine rings is 1. The summed E-state index contributed by atoms with van der Waals surface area (Å²) in [5, 5.41) is 0.646. The van der Waals surface area contributed by atoms with E-state index >= 15 is 0 Å². The van der Waals surface area contributed by atoms with E-state index in [1.807, 2.05) is 12.1 Å². The number of methoxy groups -OCH3 is 2. The fourth-order valence-corrected chi connectivity index (χ4v) is 2.97. The van der Waals surface area contributed by atoms with Crippen molar-refractivity contribution in [2.45, 2.75) is 19.4 Å². The van der Waals surface area contributed by atoms with Crippen molar-refractivity contribution in [1.82, 2.24) is 4.90 Å².